The predicted molar refractivity (Wildman–Crippen MR) is 79.1 cm³/mol. The van der Waals surface area contributed by atoms with E-state index in [-0.39, 0.29) is 31.0 Å². The Morgan fingerprint density at radius 2 is 2.14 bits per heavy atom. The largest absolute Gasteiger partial charge is 0.461 e. The second-order valence-electron chi connectivity index (χ2n) is 5.69. The van der Waals surface area contributed by atoms with Gasteiger partial charge in [-0.2, -0.15) is 0 Å². The molecule has 0 N–H and O–H groups in total. The number of carbonyl (C=O) groups excluding carboxylic acids is 1. The van der Waals surface area contributed by atoms with E-state index in [0.29, 0.717) is 13.2 Å². The summed E-state index contributed by atoms with van der Waals surface area (Å²) in [4.78, 5) is 12.2. The van der Waals surface area contributed by atoms with E-state index < -0.39 is 11.8 Å². The smallest absolute Gasteiger partial charge is 0.311 e. The molecule has 1 aromatic rings. The lowest BCUT2D eigenvalue weighted by molar-refractivity contribution is -0.242. The highest BCUT2D eigenvalue weighted by molar-refractivity contribution is 6.11. The number of rotatable bonds is 4. The number of fused-ring (bicyclic) bond motifs is 2. The van der Waals surface area contributed by atoms with Crippen molar-refractivity contribution in [2.75, 3.05) is 13.2 Å². The van der Waals surface area contributed by atoms with Gasteiger partial charge in [0, 0.05) is 11.9 Å². The highest BCUT2D eigenvalue weighted by Crippen LogP contribution is 2.42. The predicted octanol–water partition coefficient (Wildman–Crippen LogP) is 1.39. The van der Waals surface area contributed by atoms with Crippen molar-refractivity contribution in [3.8, 4) is 0 Å². The van der Waals surface area contributed by atoms with E-state index >= 15 is 0 Å². The SMILES string of the molecule is [B][C@@H]1O[C@@]2(CC(=O)OCc3ccccc3)OCCO[C@H]1C2C. The van der Waals surface area contributed by atoms with Gasteiger partial charge < -0.3 is 18.9 Å². The molecule has 2 aliphatic heterocycles. The van der Waals surface area contributed by atoms with Gasteiger partial charge in [0.05, 0.1) is 25.7 Å². The molecule has 1 aromatic carbocycles. The molecule has 0 spiro atoms. The second kappa shape index (κ2) is 6.40. The first-order valence-corrected chi connectivity index (χ1v) is 7.49. The fraction of sp³-hybridized carbons (Fsp3) is 0.562. The van der Waals surface area contributed by atoms with Crippen LogP contribution in [-0.2, 0) is 30.3 Å². The van der Waals surface area contributed by atoms with Crippen LogP contribution in [0.1, 0.15) is 18.9 Å². The Balaban J connectivity index is 1.62. The number of ether oxygens (including phenoxy) is 4. The summed E-state index contributed by atoms with van der Waals surface area (Å²) in [5.41, 5.74) is 0.938. The second-order valence-corrected chi connectivity index (χ2v) is 5.69. The third kappa shape index (κ3) is 3.04. The molecule has 3 rings (SSSR count). The van der Waals surface area contributed by atoms with E-state index in [1.54, 1.807) is 0 Å². The van der Waals surface area contributed by atoms with Gasteiger partial charge in [-0.25, -0.2) is 0 Å². The Bertz CT molecular complexity index is 523. The van der Waals surface area contributed by atoms with E-state index in [2.05, 4.69) is 0 Å². The molecule has 0 aromatic heterocycles. The molecule has 0 aliphatic carbocycles. The summed E-state index contributed by atoms with van der Waals surface area (Å²) >= 11 is 0. The van der Waals surface area contributed by atoms with Gasteiger partial charge in [0.1, 0.15) is 14.5 Å². The van der Waals surface area contributed by atoms with Crippen LogP contribution in [-0.4, -0.2) is 44.9 Å². The molecule has 2 aliphatic rings. The van der Waals surface area contributed by atoms with Crippen molar-refractivity contribution in [3.05, 3.63) is 35.9 Å². The summed E-state index contributed by atoms with van der Waals surface area (Å²) in [5.74, 6) is -1.55. The number of hydrogen-bond donors (Lipinski definition) is 0. The van der Waals surface area contributed by atoms with E-state index in [1.807, 2.05) is 37.3 Å². The van der Waals surface area contributed by atoms with E-state index in [4.69, 9.17) is 26.8 Å². The number of hydrogen-bond acceptors (Lipinski definition) is 5. The minimum atomic E-state index is -1.05. The van der Waals surface area contributed by atoms with Gasteiger partial charge in [0.25, 0.3) is 0 Å². The molecule has 0 saturated carbocycles. The first kappa shape index (κ1) is 15.5. The van der Waals surface area contributed by atoms with Crippen LogP contribution in [0.5, 0.6) is 0 Å². The maximum atomic E-state index is 12.2. The van der Waals surface area contributed by atoms with Crippen LogP contribution in [0.3, 0.4) is 0 Å². The molecule has 4 atom stereocenters. The summed E-state index contributed by atoms with van der Waals surface area (Å²) in [6.07, 6.45) is -0.251. The number of esters is 1. The van der Waals surface area contributed by atoms with Gasteiger partial charge in [0.15, 0.2) is 5.79 Å². The summed E-state index contributed by atoms with van der Waals surface area (Å²) < 4.78 is 22.4. The fourth-order valence-corrected chi connectivity index (χ4v) is 2.99. The zero-order valence-corrected chi connectivity index (χ0v) is 12.6. The lowest BCUT2D eigenvalue weighted by atomic mass is 9.86. The lowest BCUT2D eigenvalue weighted by Gasteiger charge is -2.31. The van der Waals surface area contributed by atoms with E-state index in [9.17, 15) is 4.79 Å². The highest BCUT2D eigenvalue weighted by atomic mass is 16.7. The quantitative estimate of drug-likeness (QED) is 0.621. The summed E-state index contributed by atoms with van der Waals surface area (Å²) in [6, 6.07) is 8.94. The fourth-order valence-electron chi connectivity index (χ4n) is 2.99. The van der Waals surface area contributed by atoms with Crippen LogP contribution in [0.2, 0.25) is 0 Å². The Morgan fingerprint density at radius 3 is 2.91 bits per heavy atom. The van der Waals surface area contributed by atoms with Crippen molar-refractivity contribution in [1.29, 1.82) is 0 Å². The molecule has 2 fully saturated rings. The average molecular weight is 302 g/mol. The molecule has 2 saturated heterocycles. The maximum Gasteiger partial charge on any atom is 0.311 e. The summed E-state index contributed by atoms with van der Waals surface area (Å²) in [6.45, 7) is 2.98. The minimum absolute atomic E-state index is 0.00849. The molecular formula is C16H19BO5. The van der Waals surface area contributed by atoms with Crippen LogP contribution >= 0.6 is 0 Å². The molecule has 0 amide bonds. The van der Waals surface area contributed by atoms with Crippen LogP contribution in [0.15, 0.2) is 30.3 Å². The number of benzene rings is 1. The molecular weight excluding hydrogens is 283 g/mol. The normalized spacial score (nSPS) is 34.1. The average Bonchev–Trinajstić information content (AvgIpc) is 2.63. The molecule has 6 heteroatoms. The van der Waals surface area contributed by atoms with Crippen LogP contribution in [0, 0.1) is 5.92 Å². The highest BCUT2D eigenvalue weighted by Gasteiger charge is 2.55. The van der Waals surface area contributed by atoms with Gasteiger partial charge in [-0.3, -0.25) is 4.79 Å². The van der Waals surface area contributed by atoms with Gasteiger partial charge in [-0.1, -0.05) is 37.3 Å². The first-order valence-electron chi connectivity index (χ1n) is 7.49. The zero-order valence-electron chi connectivity index (χ0n) is 12.6. The van der Waals surface area contributed by atoms with Crippen LogP contribution in [0.25, 0.3) is 0 Å². The summed E-state index contributed by atoms with van der Waals surface area (Å²) in [5, 5.41) is 0. The van der Waals surface area contributed by atoms with Gasteiger partial charge in [-0.15, -0.1) is 0 Å². The molecule has 116 valence electrons. The summed E-state index contributed by atoms with van der Waals surface area (Å²) in [7, 11) is 5.93. The van der Waals surface area contributed by atoms with E-state index in [0.717, 1.165) is 5.56 Å². The minimum Gasteiger partial charge on any atom is -0.461 e. The standard InChI is InChI=1S/C16H19BO5/c1-11-14-15(17)22-16(11,21-8-7-19-14)9-13(18)20-10-12-5-3-2-4-6-12/h2-6,11,14-15H,7-10H2,1H3/t11?,14-,15+,16+/m0/s1. The first-order chi connectivity index (χ1) is 10.6. The molecule has 5 nitrogen and oxygen atoms in total. The van der Waals surface area contributed by atoms with Gasteiger partial charge in [0.2, 0.25) is 0 Å². The van der Waals surface area contributed by atoms with Crippen LogP contribution in [0.4, 0.5) is 0 Å². The van der Waals surface area contributed by atoms with Gasteiger partial charge >= 0.3 is 5.97 Å². The Kier molecular flexibility index (Phi) is 4.52. The molecule has 2 heterocycles. The van der Waals surface area contributed by atoms with Gasteiger partial charge in [-0.05, 0) is 5.56 Å². The Morgan fingerprint density at radius 1 is 1.36 bits per heavy atom. The molecule has 2 radical (unpaired) electrons. The Hall–Kier alpha value is -1.37. The molecule has 1 unspecified atom stereocenters. The topological polar surface area (TPSA) is 54.0 Å². The van der Waals surface area contributed by atoms with Crippen molar-refractivity contribution < 1.29 is 23.7 Å². The van der Waals surface area contributed by atoms with E-state index in [1.165, 1.54) is 0 Å². The third-order valence-electron chi connectivity index (χ3n) is 4.22. The van der Waals surface area contributed by atoms with Crippen molar-refractivity contribution in [2.45, 2.75) is 37.8 Å². The van der Waals surface area contributed by atoms with Crippen molar-refractivity contribution in [3.63, 3.8) is 0 Å². The zero-order chi connectivity index (χ0) is 15.6. The molecule has 2 bridgehead atoms. The lowest BCUT2D eigenvalue weighted by Crippen LogP contribution is -2.41. The van der Waals surface area contributed by atoms with Crippen molar-refractivity contribution in [2.24, 2.45) is 5.92 Å². The van der Waals surface area contributed by atoms with Crippen LogP contribution < -0.4 is 0 Å². The van der Waals surface area contributed by atoms with Crippen molar-refractivity contribution in [1.82, 2.24) is 0 Å². The molecule has 22 heavy (non-hydrogen) atoms. The van der Waals surface area contributed by atoms with Crippen molar-refractivity contribution >= 4 is 13.8 Å². The number of carbonyl (C=O) groups is 1. The monoisotopic (exact) mass is 302 g/mol. The Labute approximate surface area is 131 Å². The maximum absolute atomic E-state index is 12.2. The third-order valence-corrected chi connectivity index (χ3v) is 4.22.